The lowest BCUT2D eigenvalue weighted by Crippen LogP contribution is -2.26. The van der Waals surface area contributed by atoms with E-state index in [4.69, 9.17) is 10.7 Å². The van der Waals surface area contributed by atoms with Crippen LogP contribution in [0.4, 0.5) is 5.69 Å². The molecule has 1 aliphatic heterocycles. The first-order chi connectivity index (χ1) is 10.3. The van der Waals surface area contributed by atoms with Crippen molar-refractivity contribution in [1.29, 1.82) is 0 Å². The highest BCUT2D eigenvalue weighted by Gasteiger charge is 2.11. The van der Waals surface area contributed by atoms with Crippen LogP contribution in [0.15, 0.2) is 29.6 Å². The lowest BCUT2D eigenvalue weighted by Gasteiger charge is -2.18. The quantitative estimate of drug-likeness (QED) is 0.873. The van der Waals surface area contributed by atoms with E-state index in [0.29, 0.717) is 0 Å². The van der Waals surface area contributed by atoms with Crippen molar-refractivity contribution in [2.75, 3.05) is 25.4 Å². The van der Waals surface area contributed by atoms with Crippen LogP contribution in [0.2, 0.25) is 0 Å². The van der Waals surface area contributed by atoms with Gasteiger partial charge in [0.05, 0.1) is 10.7 Å². The van der Waals surface area contributed by atoms with E-state index in [9.17, 15) is 0 Å². The summed E-state index contributed by atoms with van der Waals surface area (Å²) in [5, 5.41) is 3.35. The second kappa shape index (κ2) is 7.05. The number of nitrogens with two attached hydrogens (primary N) is 1. The molecule has 0 spiro atoms. The third kappa shape index (κ3) is 3.83. The minimum absolute atomic E-state index is 0.807. The molecule has 0 radical (unpaired) electrons. The third-order valence-electron chi connectivity index (χ3n) is 4.13. The number of nitrogen functional groups attached to an aromatic ring is 1. The second-order valence-corrected chi connectivity index (χ2v) is 6.66. The lowest BCUT2D eigenvalue weighted by atomic mass is 10.1. The van der Waals surface area contributed by atoms with Crippen LogP contribution in [0.1, 0.15) is 30.7 Å². The maximum Gasteiger partial charge on any atom is 0.0945 e. The lowest BCUT2D eigenvalue weighted by molar-refractivity contribution is 0.289. The van der Waals surface area contributed by atoms with Crippen LogP contribution >= 0.6 is 11.3 Å². The summed E-state index contributed by atoms with van der Waals surface area (Å²) in [5.41, 5.74) is 8.90. The van der Waals surface area contributed by atoms with Crippen LogP contribution in [0, 0.1) is 0 Å². The smallest absolute Gasteiger partial charge is 0.0945 e. The Bertz CT molecular complexity index is 571. The molecule has 0 amide bonds. The Hall–Kier alpha value is -1.39. The van der Waals surface area contributed by atoms with Crippen molar-refractivity contribution in [2.24, 2.45) is 0 Å². The Morgan fingerprint density at radius 3 is 2.62 bits per heavy atom. The molecule has 0 bridgehead atoms. The van der Waals surface area contributed by atoms with Gasteiger partial charge in [0.25, 0.3) is 0 Å². The van der Waals surface area contributed by atoms with Gasteiger partial charge in [0.1, 0.15) is 0 Å². The van der Waals surface area contributed by atoms with E-state index >= 15 is 0 Å². The molecule has 112 valence electrons. The number of hydrogen-bond donors (Lipinski definition) is 1. The fourth-order valence-electron chi connectivity index (χ4n) is 2.89. The molecule has 1 saturated heterocycles. The van der Waals surface area contributed by atoms with E-state index in [-0.39, 0.29) is 0 Å². The van der Waals surface area contributed by atoms with E-state index in [1.807, 2.05) is 24.3 Å². The predicted octanol–water partition coefficient (Wildman–Crippen LogP) is 3.81. The number of likely N-dealkylation sites (tertiary alicyclic amines) is 1. The number of benzene rings is 1. The van der Waals surface area contributed by atoms with Crippen molar-refractivity contribution in [3.63, 3.8) is 0 Å². The maximum atomic E-state index is 6.03. The Morgan fingerprint density at radius 1 is 1.10 bits per heavy atom. The minimum Gasteiger partial charge on any atom is -0.398 e. The van der Waals surface area contributed by atoms with E-state index in [2.05, 4.69) is 10.3 Å². The van der Waals surface area contributed by atoms with E-state index < -0.39 is 0 Å². The van der Waals surface area contributed by atoms with Crippen LogP contribution < -0.4 is 5.73 Å². The summed E-state index contributed by atoms with van der Waals surface area (Å²) in [6, 6.07) is 7.96. The third-order valence-corrected chi connectivity index (χ3v) is 5.04. The number of aromatic nitrogens is 1. The molecule has 3 nitrogen and oxygen atoms in total. The molecule has 1 aromatic carbocycles. The fourth-order valence-corrected chi connectivity index (χ4v) is 3.68. The summed E-state index contributed by atoms with van der Waals surface area (Å²) in [4.78, 5) is 7.35. The van der Waals surface area contributed by atoms with Gasteiger partial charge in [-0.15, -0.1) is 11.3 Å². The zero-order valence-corrected chi connectivity index (χ0v) is 13.2. The number of hydrogen-bond acceptors (Lipinski definition) is 4. The van der Waals surface area contributed by atoms with Crippen LogP contribution in [0.5, 0.6) is 0 Å². The van der Waals surface area contributed by atoms with Gasteiger partial charge >= 0.3 is 0 Å². The standard InChI is InChI=1S/C17H23N3S/c18-15-8-4-3-7-14(15)16-13-21-17(19-16)9-12-20-10-5-1-2-6-11-20/h3-4,7-8,13H,1-2,5-6,9-12,18H2. The Labute approximate surface area is 130 Å². The molecule has 2 N–H and O–H groups in total. The molecule has 21 heavy (non-hydrogen) atoms. The van der Waals surface area contributed by atoms with Gasteiger partial charge in [-0.25, -0.2) is 4.98 Å². The second-order valence-electron chi connectivity index (χ2n) is 5.72. The summed E-state index contributed by atoms with van der Waals surface area (Å²) >= 11 is 1.75. The van der Waals surface area contributed by atoms with Gasteiger partial charge in [-0.2, -0.15) is 0 Å². The highest BCUT2D eigenvalue weighted by molar-refractivity contribution is 7.09. The molecule has 0 aliphatic carbocycles. The van der Waals surface area contributed by atoms with E-state index in [1.165, 1.54) is 43.8 Å². The van der Waals surface area contributed by atoms with Gasteiger partial charge in [0.15, 0.2) is 0 Å². The number of anilines is 1. The average Bonchev–Trinajstić information content (AvgIpc) is 2.81. The van der Waals surface area contributed by atoms with Crippen LogP contribution in [-0.4, -0.2) is 29.5 Å². The molecule has 0 saturated carbocycles. The molecule has 0 unspecified atom stereocenters. The van der Waals surface area contributed by atoms with Gasteiger partial charge in [0, 0.05) is 29.6 Å². The van der Waals surface area contributed by atoms with Crippen molar-refractivity contribution >= 4 is 17.0 Å². The normalized spacial score (nSPS) is 16.8. The SMILES string of the molecule is Nc1ccccc1-c1csc(CCN2CCCCCC2)n1. The molecule has 0 atom stereocenters. The molecule has 4 heteroatoms. The largest absolute Gasteiger partial charge is 0.398 e. The van der Waals surface area contributed by atoms with Gasteiger partial charge in [-0.3, -0.25) is 0 Å². The topological polar surface area (TPSA) is 42.1 Å². The van der Waals surface area contributed by atoms with Crippen LogP contribution in [0.25, 0.3) is 11.3 Å². The zero-order chi connectivity index (χ0) is 14.5. The Kier molecular flexibility index (Phi) is 4.88. The molecule has 2 heterocycles. The summed E-state index contributed by atoms with van der Waals surface area (Å²) < 4.78 is 0. The summed E-state index contributed by atoms with van der Waals surface area (Å²) in [7, 11) is 0. The molecule has 2 aromatic rings. The molecular formula is C17H23N3S. The Balaban J connectivity index is 1.61. The van der Waals surface area contributed by atoms with Crippen molar-refractivity contribution in [1.82, 2.24) is 9.88 Å². The van der Waals surface area contributed by atoms with Crippen LogP contribution in [0.3, 0.4) is 0 Å². The monoisotopic (exact) mass is 301 g/mol. The first-order valence-corrected chi connectivity index (χ1v) is 8.72. The molecule has 1 fully saturated rings. The molecule has 1 aromatic heterocycles. The molecule has 1 aliphatic rings. The van der Waals surface area contributed by atoms with Crippen molar-refractivity contribution in [3.05, 3.63) is 34.7 Å². The number of thiazole rings is 1. The number of para-hydroxylation sites is 1. The van der Waals surface area contributed by atoms with Gasteiger partial charge in [-0.1, -0.05) is 31.0 Å². The van der Waals surface area contributed by atoms with Gasteiger partial charge < -0.3 is 10.6 Å². The van der Waals surface area contributed by atoms with Gasteiger partial charge in [-0.05, 0) is 32.0 Å². The number of nitrogens with zero attached hydrogens (tertiary/aromatic N) is 2. The highest BCUT2D eigenvalue weighted by atomic mass is 32.1. The van der Waals surface area contributed by atoms with E-state index in [0.717, 1.165) is 29.9 Å². The maximum absolute atomic E-state index is 6.03. The minimum atomic E-state index is 0.807. The highest BCUT2D eigenvalue weighted by Crippen LogP contribution is 2.27. The fraction of sp³-hybridized carbons (Fsp3) is 0.471. The number of rotatable bonds is 4. The predicted molar refractivity (Wildman–Crippen MR) is 90.6 cm³/mol. The van der Waals surface area contributed by atoms with E-state index in [1.54, 1.807) is 11.3 Å². The zero-order valence-electron chi connectivity index (χ0n) is 12.4. The van der Waals surface area contributed by atoms with Crippen molar-refractivity contribution < 1.29 is 0 Å². The summed E-state index contributed by atoms with van der Waals surface area (Å²) in [6.45, 7) is 3.64. The molecule has 3 rings (SSSR count). The van der Waals surface area contributed by atoms with Gasteiger partial charge in [0.2, 0.25) is 0 Å². The van der Waals surface area contributed by atoms with Crippen molar-refractivity contribution in [2.45, 2.75) is 32.1 Å². The van der Waals surface area contributed by atoms with Crippen LogP contribution in [-0.2, 0) is 6.42 Å². The Morgan fingerprint density at radius 2 is 1.86 bits per heavy atom. The summed E-state index contributed by atoms with van der Waals surface area (Å²) in [6.07, 6.45) is 6.54. The first-order valence-electron chi connectivity index (χ1n) is 7.84. The van der Waals surface area contributed by atoms with Crippen molar-refractivity contribution in [3.8, 4) is 11.3 Å². The average molecular weight is 301 g/mol. The summed E-state index contributed by atoms with van der Waals surface area (Å²) in [5.74, 6) is 0. The first kappa shape index (κ1) is 14.5. The molecular weight excluding hydrogens is 278 g/mol.